The number of rotatable bonds is 9. The van der Waals surface area contributed by atoms with Crippen LogP contribution >= 0.6 is 0 Å². The van der Waals surface area contributed by atoms with Gasteiger partial charge in [-0.05, 0) is 17.9 Å². The Morgan fingerprint density at radius 2 is 1.91 bits per heavy atom. The van der Waals surface area contributed by atoms with E-state index in [4.69, 9.17) is 0 Å². The highest BCUT2D eigenvalue weighted by atomic mass is 16.5. The molecule has 1 atom stereocenters. The summed E-state index contributed by atoms with van der Waals surface area (Å²) in [6.45, 7) is 4.29. The Bertz CT molecular complexity index is 491. The number of methoxy groups -OCH3 is 1. The molecule has 0 fully saturated rings. The van der Waals surface area contributed by atoms with E-state index in [2.05, 4.69) is 10.1 Å². The molecule has 0 radical (unpaired) electrons. The van der Waals surface area contributed by atoms with E-state index < -0.39 is 5.97 Å². The second-order valence-electron chi connectivity index (χ2n) is 5.79. The first-order valence-corrected chi connectivity index (χ1v) is 7.77. The lowest BCUT2D eigenvalue weighted by atomic mass is 9.98. The SMILES string of the molecule is COC(=O)CNC(=O)CCC(C(C)C)N(O)Cc1ccccc1. The van der Waals surface area contributed by atoms with Gasteiger partial charge in [-0.15, -0.1) is 0 Å². The van der Waals surface area contributed by atoms with Gasteiger partial charge in [0.2, 0.25) is 5.91 Å². The summed E-state index contributed by atoms with van der Waals surface area (Å²) in [7, 11) is 1.27. The summed E-state index contributed by atoms with van der Waals surface area (Å²) in [6, 6.07) is 9.53. The number of hydroxylamine groups is 2. The lowest BCUT2D eigenvalue weighted by Gasteiger charge is -2.29. The van der Waals surface area contributed by atoms with Crippen molar-refractivity contribution in [3.8, 4) is 0 Å². The third kappa shape index (κ3) is 7.25. The minimum absolute atomic E-state index is 0.130. The summed E-state index contributed by atoms with van der Waals surface area (Å²) in [6.07, 6.45) is 0.750. The van der Waals surface area contributed by atoms with Gasteiger partial charge in [0.05, 0.1) is 7.11 Å². The van der Waals surface area contributed by atoms with Gasteiger partial charge in [0, 0.05) is 19.0 Å². The maximum atomic E-state index is 11.8. The number of hydrogen-bond donors (Lipinski definition) is 2. The molecule has 0 aliphatic carbocycles. The minimum atomic E-state index is -0.480. The normalized spacial score (nSPS) is 12.3. The molecule has 6 heteroatoms. The van der Waals surface area contributed by atoms with E-state index in [9.17, 15) is 14.8 Å². The Morgan fingerprint density at radius 1 is 1.26 bits per heavy atom. The summed E-state index contributed by atoms with van der Waals surface area (Å²) in [5.41, 5.74) is 1.01. The van der Waals surface area contributed by atoms with Crippen LogP contribution in [0.25, 0.3) is 0 Å². The molecule has 128 valence electrons. The van der Waals surface area contributed by atoms with Gasteiger partial charge in [-0.3, -0.25) is 9.59 Å². The van der Waals surface area contributed by atoms with E-state index in [1.807, 2.05) is 44.2 Å². The number of nitrogens with one attached hydrogen (secondary N) is 1. The van der Waals surface area contributed by atoms with Crippen molar-refractivity contribution in [3.05, 3.63) is 35.9 Å². The van der Waals surface area contributed by atoms with Crippen LogP contribution in [-0.2, 0) is 20.9 Å². The largest absolute Gasteiger partial charge is 0.468 e. The molecule has 0 aliphatic heterocycles. The quantitative estimate of drug-likeness (QED) is 0.537. The van der Waals surface area contributed by atoms with Gasteiger partial charge in [0.25, 0.3) is 0 Å². The smallest absolute Gasteiger partial charge is 0.325 e. The Balaban J connectivity index is 2.48. The van der Waals surface area contributed by atoms with Crippen molar-refractivity contribution in [2.45, 2.75) is 39.3 Å². The first kappa shape index (κ1) is 19.1. The molecule has 1 aromatic carbocycles. The monoisotopic (exact) mass is 322 g/mol. The minimum Gasteiger partial charge on any atom is -0.468 e. The molecule has 0 heterocycles. The van der Waals surface area contributed by atoms with Crippen LogP contribution in [0.5, 0.6) is 0 Å². The summed E-state index contributed by atoms with van der Waals surface area (Å²) < 4.78 is 4.47. The number of ether oxygens (including phenoxy) is 1. The van der Waals surface area contributed by atoms with Gasteiger partial charge >= 0.3 is 5.97 Å². The highest BCUT2D eigenvalue weighted by Crippen LogP contribution is 2.17. The van der Waals surface area contributed by atoms with Crippen LogP contribution in [0.15, 0.2) is 30.3 Å². The summed E-state index contributed by atoms with van der Waals surface area (Å²) in [4.78, 5) is 22.7. The van der Waals surface area contributed by atoms with Crippen molar-refractivity contribution in [2.24, 2.45) is 5.92 Å². The fourth-order valence-electron chi connectivity index (χ4n) is 2.32. The van der Waals surface area contributed by atoms with E-state index >= 15 is 0 Å². The zero-order chi connectivity index (χ0) is 17.2. The lowest BCUT2D eigenvalue weighted by Crippen LogP contribution is -2.38. The number of carbonyl (C=O) groups excluding carboxylic acids is 2. The van der Waals surface area contributed by atoms with Crippen molar-refractivity contribution in [1.29, 1.82) is 0 Å². The molecule has 0 spiro atoms. The number of esters is 1. The first-order chi connectivity index (χ1) is 10.9. The summed E-state index contributed by atoms with van der Waals surface area (Å²) in [5.74, 6) is -0.516. The van der Waals surface area contributed by atoms with Gasteiger partial charge in [-0.1, -0.05) is 44.2 Å². The Kier molecular flexibility index (Phi) is 8.29. The van der Waals surface area contributed by atoms with Gasteiger partial charge in [0.15, 0.2) is 0 Å². The fraction of sp³-hybridized carbons (Fsp3) is 0.529. The zero-order valence-electron chi connectivity index (χ0n) is 14.0. The highest BCUT2D eigenvalue weighted by Gasteiger charge is 2.21. The molecule has 1 aromatic rings. The molecule has 0 aliphatic rings. The predicted molar refractivity (Wildman–Crippen MR) is 86.7 cm³/mol. The average Bonchev–Trinajstić information content (AvgIpc) is 2.53. The Morgan fingerprint density at radius 3 is 2.48 bits per heavy atom. The van der Waals surface area contributed by atoms with Crippen LogP contribution in [0.4, 0.5) is 0 Å². The number of amides is 1. The third-order valence-corrected chi connectivity index (χ3v) is 3.66. The van der Waals surface area contributed by atoms with Crippen LogP contribution in [0.3, 0.4) is 0 Å². The highest BCUT2D eigenvalue weighted by molar-refractivity contribution is 5.81. The molecule has 6 nitrogen and oxygen atoms in total. The molecule has 1 unspecified atom stereocenters. The van der Waals surface area contributed by atoms with Crippen molar-refractivity contribution >= 4 is 11.9 Å². The standard InChI is InChI=1S/C17H26N2O4/c1-13(2)15(9-10-16(20)18-11-17(21)23-3)19(22)12-14-7-5-4-6-8-14/h4-8,13,15,22H,9-12H2,1-3H3,(H,18,20). The molecule has 1 rings (SSSR count). The maximum Gasteiger partial charge on any atom is 0.325 e. The van der Waals surface area contributed by atoms with E-state index in [0.717, 1.165) is 5.56 Å². The van der Waals surface area contributed by atoms with Crippen LogP contribution in [0.2, 0.25) is 0 Å². The second-order valence-corrected chi connectivity index (χ2v) is 5.79. The topological polar surface area (TPSA) is 78.9 Å². The Hall–Kier alpha value is -1.92. The molecule has 0 bridgehead atoms. The van der Waals surface area contributed by atoms with Gasteiger partial charge in [-0.25, -0.2) is 0 Å². The van der Waals surface area contributed by atoms with Crippen molar-refractivity contribution < 1.29 is 19.5 Å². The number of benzene rings is 1. The van der Waals surface area contributed by atoms with Crippen molar-refractivity contribution in [1.82, 2.24) is 10.4 Å². The fourth-order valence-corrected chi connectivity index (χ4v) is 2.32. The molecule has 2 N–H and O–H groups in total. The number of hydrogen-bond acceptors (Lipinski definition) is 5. The number of carbonyl (C=O) groups is 2. The van der Waals surface area contributed by atoms with E-state index in [-0.39, 0.29) is 30.8 Å². The number of nitrogens with zero attached hydrogens (tertiary/aromatic N) is 1. The van der Waals surface area contributed by atoms with Gasteiger partial charge < -0.3 is 15.3 Å². The average molecular weight is 322 g/mol. The van der Waals surface area contributed by atoms with E-state index in [0.29, 0.717) is 13.0 Å². The van der Waals surface area contributed by atoms with E-state index in [1.54, 1.807) is 0 Å². The third-order valence-electron chi connectivity index (χ3n) is 3.66. The van der Waals surface area contributed by atoms with Crippen LogP contribution in [-0.4, -0.2) is 41.8 Å². The second kappa shape index (κ2) is 9.97. The van der Waals surface area contributed by atoms with Crippen LogP contribution in [0.1, 0.15) is 32.3 Å². The maximum absolute atomic E-state index is 11.8. The molecule has 1 amide bonds. The van der Waals surface area contributed by atoms with E-state index in [1.165, 1.54) is 12.2 Å². The molecule has 0 aromatic heterocycles. The Labute approximate surface area is 137 Å². The molecule has 0 saturated carbocycles. The predicted octanol–water partition coefficient (Wildman–Crippen LogP) is 1.97. The van der Waals surface area contributed by atoms with Gasteiger partial charge in [0.1, 0.15) is 6.54 Å². The van der Waals surface area contributed by atoms with Crippen LogP contribution in [0, 0.1) is 5.92 Å². The molecule has 0 saturated heterocycles. The first-order valence-electron chi connectivity index (χ1n) is 7.77. The summed E-state index contributed by atoms with van der Waals surface area (Å²) >= 11 is 0. The van der Waals surface area contributed by atoms with Crippen molar-refractivity contribution in [3.63, 3.8) is 0 Å². The van der Waals surface area contributed by atoms with Crippen LogP contribution < -0.4 is 5.32 Å². The van der Waals surface area contributed by atoms with Gasteiger partial charge in [-0.2, -0.15) is 5.06 Å². The zero-order valence-corrected chi connectivity index (χ0v) is 14.0. The molecular weight excluding hydrogens is 296 g/mol. The lowest BCUT2D eigenvalue weighted by molar-refractivity contribution is -0.151. The molecular formula is C17H26N2O4. The van der Waals surface area contributed by atoms with Crippen molar-refractivity contribution in [2.75, 3.05) is 13.7 Å². The molecule has 23 heavy (non-hydrogen) atoms. The summed E-state index contributed by atoms with van der Waals surface area (Å²) in [5, 5.41) is 14.1.